The molecule has 3 rings (SSSR count). The van der Waals surface area contributed by atoms with Gasteiger partial charge in [0.2, 0.25) is 0 Å². The van der Waals surface area contributed by atoms with E-state index in [0.29, 0.717) is 28.6 Å². The highest BCUT2D eigenvalue weighted by Gasteiger charge is 2.11. The van der Waals surface area contributed by atoms with Crippen molar-refractivity contribution in [2.75, 3.05) is 5.32 Å². The average molecular weight is 515 g/mol. The van der Waals surface area contributed by atoms with Crippen molar-refractivity contribution >= 4 is 51.9 Å². The highest BCUT2D eigenvalue weighted by molar-refractivity contribution is 14.1. The maximum absolute atomic E-state index is 12.5. The second kappa shape index (κ2) is 10.1. The van der Waals surface area contributed by atoms with Crippen molar-refractivity contribution in [2.45, 2.75) is 6.61 Å². The molecular formula is C23H16ClIN2O2. The van der Waals surface area contributed by atoms with E-state index in [2.05, 4.69) is 27.9 Å². The van der Waals surface area contributed by atoms with Crippen molar-refractivity contribution in [3.63, 3.8) is 0 Å². The Morgan fingerprint density at radius 3 is 2.45 bits per heavy atom. The minimum Gasteiger partial charge on any atom is -0.488 e. The van der Waals surface area contributed by atoms with Gasteiger partial charge in [0.05, 0.1) is 0 Å². The quantitative estimate of drug-likeness (QED) is 0.247. The molecule has 0 fully saturated rings. The summed E-state index contributed by atoms with van der Waals surface area (Å²) in [6.45, 7) is 0.390. The molecular weight excluding hydrogens is 499 g/mol. The molecule has 3 aromatic carbocycles. The maximum Gasteiger partial charge on any atom is 0.266 e. The summed E-state index contributed by atoms with van der Waals surface area (Å²) in [4.78, 5) is 12.5. The number of para-hydroxylation sites is 1. The number of nitrogens with zero attached hydrogens (tertiary/aromatic N) is 1. The minimum absolute atomic E-state index is 0.0229. The zero-order valence-corrected chi connectivity index (χ0v) is 18.1. The fourth-order valence-electron chi connectivity index (χ4n) is 2.51. The Kier molecular flexibility index (Phi) is 7.28. The van der Waals surface area contributed by atoms with Gasteiger partial charge in [-0.3, -0.25) is 4.79 Å². The fraction of sp³-hybridized carbons (Fsp3) is 0.0435. The number of anilines is 1. The maximum atomic E-state index is 12.5. The number of halogens is 2. The van der Waals surface area contributed by atoms with E-state index in [-0.39, 0.29) is 5.57 Å². The van der Waals surface area contributed by atoms with Crippen LogP contribution >= 0.6 is 34.2 Å². The van der Waals surface area contributed by atoms with Crippen LogP contribution in [0.3, 0.4) is 0 Å². The van der Waals surface area contributed by atoms with Crippen LogP contribution < -0.4 is 10.1 Å². The lowest BCUT2D eigenvalue weighted by Crippen LogP contribution is -2.13. The lowest BCUT2D eigenvalue weighted by atomic mass is 10.1. The Morgan fingerprint density at radius 2 is 1.76 bits per heavy atom. The van der Waals surface area contributed by atoms with Gasteiger partial charge in [-0.25, -0.2) is 0 Å². The van der Waals surface area contributed by atoms with Crippen molar-refractivity contribution in [1.82, 2.24) is 0 Å². The first-order valence-electron chi connectivity index (χ1n) is 8.70. The fourth-order valence-corrected chi connectivity index (χ4v) is 2.99. The Morgan fingerprint density at radius 1 is 1.07 bits per heavy atom. The second-order valence-electron chi connectivity index (χ2n) is 6.08. The number of carbonyl (C=O) groups is 1. The molecule has 29 heavy (non-hydrogen) atoms. The number of nitriles is 1. The first-order chi connectivity index (χ1) is 14.0. The van der Waals surface area contributed by atoms with Crippen LogP contribution in [0.5, 0.6) is 5.75 Å². The summed E-state index contributed by atoms with van der Waals surface area (Å²) in [6.07, 6.45) is 1.52. The highest BCUT2D eigenvalue weighted by Crippen LogP contribution is 2.23. The van der Waals surface area contributed by atoms with Crippen molar-refractivity contribution in [3.8, 4) is 11.8 Å². The molecule has 0 aliphatic heterocycles. The van der Waals surface area contributed by atoms with E-state index < -0.39 is 5.91 Å². The molecule has 144 valence electrons. The molecule has 0 aliphatic carbocycles. The number of benzene rings is 3. The summed E-state index contributed by atoms with van der Waals surface area (Å²) in [6, 6.07) is 24.0. The van der Waals surface area contributed by atoms with E-state index in [1.165, 1.54) is 6.08 Å². The summed E-state index contributed by atoms with van der Waals surface area (Å²) in [5.41, 5.74) is 2.22. The lowest BCUT2D eigenvalue weighted by molar-refractivity contribution is -0.112. The molecule has 6 heteroatoms. The molecule has 4 nitrogen and oxygen atoms in total. The molecule has 0 spiro atoms. The van der Waals surface area contributed by atoms with Crippen molar-refractivity contribution in [1.29, 1.82) is 5.26 Å². The van der Waals surface area contributed by atoms with Crippen LogP contribution in [-0.4, -0.2) is 5.91 Å². The highest BCUT2D eigenvalue weighted by atomic mass is 127. The summed E-state index contributed by atoms with van der Waals surface area (Å²) < 4.78 is 7.07. The van der Waals surface area contributed by atoms with Gasteiger partial charge in [-0.05, 0) is 76.7 Å². The molecule has 0 radical (unpaired) electrons. The summed E-state index contributed by atoms with van der Waals surface area (Å²) in [5.74, 6) is 0.0975. The Hall–Kier alpha value is -2.82. The Balaban J connectivity index is 1.76. The van der Waals surface area contributed by atoms with Gasteiger partial charge in [0, 0.05) is 19.8 Å². The van der Waals surface area contributed by atoms with Gasteiger partial charge >= 0.3 is 0 Å². The third kappa shape index (κ3) is 6.08. The van der Waals surface area contributed by atoms with Gasteiger partial charge < -0.3 is 10.1 Å². The second-order valence-corrected chi connectivity index (χ2v) is 7.77. The largest absolute Gasteiger partial charge is 0.488 e. The number of ether oxygens (including phenoxy) is 1. The van der Waals surface area contributed by atoms with Crippen molar-refractivity contribution < 1.29 is 9.53 Å². The zero-order chi connectivity index (χ0) is 20.6. The zero-order valence-electron chi connectivity index (χ0n) is 15.2. The van der Waals surface area contributed by atoms with Gasteiger partial charge in [-0.1, -0.05) is 41.9 Å². The number of carbonyl (C=O) groups excluding carboxylic acids is 1. The van der Waals surface area contributed by atoms with E-state index in [4.69, 9.17) is 16.3 Å². The molecule has 1 amide bonds. The number of hydrogen-bond donors (Lipinski definition) is 1. The van der Waals surface area contributed by atoms with Gasteiger partial charge in [-0.15, -0.1) is 0 Å². The predicted molar refractivity (Wildman–Crippen MR) is 124 cm³/mol. The molecule has 0 saturated heterocycles. The van der Waals surface area contributed by atoms with Crippen LogP contribution in [-0.2, 0) is 11.4 Å². The Labute approximate surface area is 187 Å². The number of hydrogen-bond acceptors (Lipinski definition) is 3. The lowest BCUT2D eigenvalue weighted by Gasteiger charge is -2.10. The van der Waals surface area contributed by atoms with Crippen molar-refractivity contribution in [2.24, 2.45) is 0 Å². The van der Waals surface area contributed by atoms with E-state index in [0.717, 1.165) is 9.13 Å². The monoisotopic (exact) mass is 514 g/mol. The first-order valence-corrected chi connectivity index (χ1v) is 10.2. The number of nitrogens with one attached hydrogen (secondary N) is 1. The van der Waals surface area contributed by atoms with E-state index >= 15 is 0 Å². The van der Waals surface area contributed by atoms with Gasteiger partial charge in [0.15, 0.2) is 0 Å². The molecule has 1 N–H and O–H groups in total. The third-order valence-corrected chi connectivity index (χ3v) is 4.96. The van der Waals surface area contributed by atoms with E-state index in [9.17, 15) is 10.1 Å². The molecule has 0 heterocycles. The first kappa shape index (κ1) is 20.9. The van der Waals surface area contributed by atoms with Crippen LogP contribution in [0.1, 0.15) is 11.1 Å². The van der Waals surface area contributed by atoms with Crippen LogP contribution in [0.4, 0.5) is 5.69 Å². The van der Waals surface area contributed by atoms with Crippen molar-refractivity contribution in [3.05, 3.63) is 98.1 Å². The normalized spacial score (nSPS) is 10.9. The van der Waals surface area contributed by atoms with Crippen LogP contribution in [0.15, 0.2) is 78.4 Å². The molecule has 3 aromatic rings. The van der Waals surface area contributed by atoms with Crippen LogP contribution in [0.2, 0.25) is 5.02 Å². The third-order valence-electron chi connectivity index (χ3n) is 3.99. The minimum atomic E-state index is -0.498. The average Bonchev–Trinajstić information content (AvgIpc) is 2.74. The van der Waals surface area contributed by atoms with Gasteiger partial charge in [-0.2, -0.15) is 5.26 Å². The summed E-state index contributed by atoms with van der Waals surface area (Å²) >= 11 is 8.10. The Bertz CT molecular complexity index is 1070. The SMILES string of the molecule is N#C/C(=C\c1ccccc1OCc1ccc(I)cc1)C(=O)Nc1ccc(Cl)cc1. The summed E-state index contributed by atoms with van der Waals surface area (Å²) in [7, 11) is 0. The van der Waals surface area contributed by atoms with Crippen LogP contribution in [0, 0.1) is 14.9 Å². The molecule has 0 aliphatic rings. The molecule has 0 atom stereocenters. The van der Waals surface area contributed by atoms with E-state index in [1.54, 1.807) is 30.3 Å². The molecule has 0 unspecified atom stereocenters. The topological polar surface area (TPSA) is 62.1 Å². The summed E-state index contributed by atoms with van der Waals surface area (Å²) in [5, 5.41) is 12.7. The van der Waals surface area contributed by atoms with Gasteiger partial charge in [0.1, 0.15) is 24.0 Å². The number of amides is 1. The number of rotatable bonds is 6. The van der Waals surface area contributed by atoms with Crippen LogP contribution in [0.25, 0.3) is 6.08 Å². The molecule has 0 saturated carbocycles. The standard InChI is InChI=1S/C23H16ClIN2O2/c24-19-7-11-21(12-8-19)27-23(28)18(14-26)13-17-3-1-2-4-22(17)29-15-16-5-9-20(25)10-6-16/h1-13H,15H2,(H,27,28)/b18-13+. The molecule has 0 aromatic heterocycles. The van der Waals surface area contributed by atoms with Gasteiger partial charge in [0.25, 0.3) is 5.91 Å². The molecule has 0 bridgehead atoms. The smallest absolute Gasteiger partial charge is 0.266 e. The predicted octanol–water partition coefficient (Wildman–Crippen LogP) is 6.07. The van der Waals surface area contributed by atoms with E-state index in [1.807, 2.05) is 48.5 Å².